The summed E-state index contributed by atoms with van der Waals surface area (Å²) in [6.45, 7) is 3.00. The van der Waals surface area contributed by atoms with Gasteiger partial charge in [-0.2, -0.15) is 0 Å². The summed E-state index contributed by atoms with van der Waals surface area (Å²) in [4.78, 5) is 15.1. The number of rotatable bonds is 3. The molecular weight excluding hydrogens is 276 g/mol. The Morgan fingerprint density at radius 1 is 1.32 bits per heavy atom. The number of hydrogen-bond donors (Lipinski definition) is 1. The van der Waals surface area contributed by atoms with Crippen LogP contribution in [-0.4, -0.2) is 43.6 Å². The highest BCUT2D eigenvalue weighted by molar-refractivity contribution is 5.80. The fourth-order valence-electron chi connectivity index (χ4n) is 3.89. The van der Waals surface area contributed by atoms with Crippen molar-refractivity contribution >= 4 is 5.91 Å². The van der Waals surface area contributed by atoms with Crippen LogP contribution in [0.4, 0.5) is 0 Å². The molecule has 4 nitrogen and oxygen atoms in total. The van der Waals surface area contributed by atoms with Gasteiger partial charge in [-0.05, 0) is 44.3 Å². The summed E-state index contributed by atoms with van der Waals surface area (Å²) in [5.74, 6) is 1.69. The molecule has 22 heavy (non-hydrogen) atoms. The van der Waals surface area contributed by atoms with Gasteiger partial charge in [-0.1, -0.05) is 24.6 Å². The Labute approximate surface area is 132 Å². The second kappa shape index (κ2) is 7.14. The Kier molecular flexibility index (Phi) is 4.98. The number of fused-ring (bicyclic) bond motifs is 1. The van der Waals surface area contributed by atoms with Crippen molar-refractivity contribution in [3.8, 4) is 5.75 Å². The first-order valence-electron chi connectivity index (χ1n) is 8.41. The molecule has 4 heteroatoms. The van der Waals surface area contributed by atoms with Gasteiger partial charge in [0.25, 0.3) is 0 Å². The van der Waals surface area contributed by atoms with Crippen molar-refractivity contribution < 1.29 is 9.53 Å². The molecule has 2 atom stereocenters. The van der Waals surface area contributed by atoms with Gasteiger partial charge in [-0.3, -0.25) is 4.79 Å². The number of carbonyl (C=O) groups is 1. The molecule has 2 aliphatic heterocycles. The van der Waals surface area contributed by atoms with Crippen molar-refractivity contribution in [1.82, 2.24) is 10.2 Å². The molecular formula is C18H26N2O2. The van der Waals surface area contributed by atoms with Crippen LogP contribution in [0.25, 0.3) is 0 Å². The van der Waals surface area contributed by atoms with Crippen LogP contribution in [-0.2, 0) is 11.2 Å². The standard InChI is InChI=1S/C18H26N2O2/c1-22-17-8-3-2-6-14(17)12-18(21)20-11-5-4-7-15-13-19-10-9-16(15)20/h2-3,6,8,15-16,19H,4-5,7,9-13H2,1H3/t15-,16+/m0/s1. The summed E-state index contributed by atoms with van der Waals surface area (Å²) < 4.78 is 5.38. The van der Waals surface area contributed by atoms with Gasteiger partial charge >= 0.3 is 0 Å². The lowest BCUT2D eigenvalue weighted by Crippen LogP contribution is -2.51. The number of para-hydroxylation sites is 1. The first-order chi connectivity index (χ1) is 10.8. The van der Waals surface area contributed by atoms with Crippen LogP contribution in [0, 0.1) is 5.92 Å². The van der Waals surface area contributed by atoms with Gasteiger partial charge in [-0.15, -0.1) is 0 Å². The molecule has 3 rings (SSSR count). The summed E-state index contributed by atoms with van der Waals surface area (Å²) in [5.41, 5.74) is 0.990. The van der Waals surface area contributed by atoms with E-state index >= 15 is 0 Å². The van der Waals surface area contributed by atoms with Crippen LogP contribution in [0.3, 0.4) is 0 Å². The summed E-state index contributed by atoms with van der Waals surface area (Å²) >= 11 is 0. The number of piperidine rings is 1. The maximum atomic E-state index is 12.9. The number of carbonyl (C=O) groups excluding carboxylic acids is 1. The largest absolute Gasteiger partial charge is 0.496 e. The van der Waals surface area contributed by atoms with Crippen LogP contribution in [0.5, 0.6) is 5.75 Å². The van der Waals surface area contributed by atoms with E-state index in [9.17, 15) is 4.79 Å². The number of likely N-dealkylation sites (tertiary alicyclic amines) is 1. The molecule has 2 heterocycles. The van der Waals surface area contributed by atoms with Crippen LogP contribution >= 0.6 is 0 Å². The van der Waals surface area contributed by atoms with E-state index in [4.69, 9.17) is 4.74 Å². The average molecular weight is 302 g/mol. The van der Waals surface area contributed by atoms with E-state index in [0.717, 1.165) is 43.8 Å². The van der Waals surface area contributed by atoms with Crippen molar-refractivity contribution in [2.45, 2.75) is 38.1 Å². The third-order valence-electron chi connectivity index (χ3n) is 5.05. The molecule has 2 saturated heterocycles. The van der Waals surface area contributed by atoms with Crippen LogP contribution in [0.2, 0.25) is 0 Å². The molecule has 120 valence electrons. The molecule has 1 aromatic carbocycles. The first kappa shape index (κ1) is 15.3. The van der Waals surface area contributed by atoms with Gasteiger partial charge in [0.1, 0.15) is 5.75 Å². The Balaban J connectivity index is 1.74. The average Bonchev–Trinajstić information content (AvgIpc) is 2.78. The predicted molar refractivity (Wildman–Crippen MR) is 87.0 cm³/mol. The van der Waals surface area contributed by atoms with Crippen molar-refractivity contribution in [3.05, 3.63) is 29.8 Å². The van der Waals surface area contributed by atoms with Crippen molar-refractivity contribution in [2.75, 3.05) is 26.7 Å². The molecule has 1 N–H and O–H groups in total. The summed E-state index contributed by atoms with van der Waals surface area (Å²) in [6.07, 6.45) is 5.14. The molecule has 1 amide bonds. The minimum atomic E-state index is 0.253. The minimum absolute atomic E-state index is 0.253. The van der Waals surface area contributed by atoms with Gasteiger partial charge in [0, 0.05) is 18.2 Å². The van der Waals surface area contributed by atoms with E-state index in [-0.39, 0.29) is 5.91 Å². The van der Waals surface area contributed by atoms with E-state index in [0.29, 0.717) is 18.4 Å². The van der Waals surface area contributed by atoms with E-state index in [1.165, 1.54) is 12.8 Å². The normalized spacial score (nSPS) is 25.2. The second-order valence-electron chi connectivity index (χ2n) is 6.39. The second-order valence-corrected chi connectivity index (χ2v) is 6.39. The zero-order chi connectivity index (χ0) is 15.4. The van der Waals surface area contributed by atoms with Crippen LogP contribution < -0.4 is 10.1 Å². The topological polar surface area (TPSA) is 41.6 Å². The quantitative estimate of drug-likeness (QED) is 0.931. The Morgan fingerprint density at radius 2 is 2.18 bits per heavy atom. The number of methoxy groups -OCH3 is 1. The highest BCUT2D eigenvalue weighted by atomic mass is 16.5. The number of nitrogens with zero attached hydrogens (tertiary/aromatic N) is 1. The number of nitrogens with one attached hydrogen (secondary N) is 1. The monoisotopic (exact) mass is 302 g/mol. The Morgan fingerprint density at radius 3 is 3.05 bits per heavy atom. The highest BCUT2D eigenvalue weighted by Crippen LogP contribution is 2.28. The third-order valence-corrected chi connectivity index (χ3v) is 5.05. The van der Waals surface area contributed by atoms with Crippen LogP contribution in [0.15, 0.2) is 24.3 Å². The van der Waals surface area contributed by atoms with E-state index < -0.39 is 0 Å². The van der Waals surface area contributed by atoms with Gasteiger partial charge < -0.3 is 15.0 Å². The van der Waals surface area contributed by atoms with Crippen molar-refractivity contribution in [2.24, 2.45) is 5.92 Å². The fraction of sp³-hybridized carbons (Fsp3) is 0.611. The zero-order valence-corrected chi connectivity index (χ0v) is 13.4. The molecule has 0 spiro atoms. The molecule has 0 aliphatic carbocycles. The molecule has 2 fully saturated rings. The predicted octanol–water partition coefficient (Wildman–Crippen LogP) is 2.23. The summed E-state index contributed by atoms with van der Waals surface area (Å²) in [7, 11) is 1.66. The number of ether oxygens (including phenoxy) is 1. The van der Waals surface area contributed by atoms with Gasteiger partial charge in [0.15, 0.2) is 0 Å². The summed E-state index contributed by atoms with van der Waals surface area (Å²) in [6, 6.07) is 8.26. The van der Waals surface area contributed by atoms with Crippen molar-refractivity contribution in [1.29, 1.82) is 0 Å². The molecule has 2 aliphatic rings. The zero-order valence-electron chi connectivity index (χ0n) is 13.4. The maximum absolute atomic E-state index is 12.9. The lowest BCUT2D eigenvalue weighted by molar-refractivity contribution is -0.134. The first-order valence-corrected chi connectivity index (χ1v) is 8.41. The summed E-state index contributed by atoms with van der Waals surface area (Å²) in [5, 5.41) is 3.48. The van der Waals surface area contributed by atoms with Gasteiger partial charge in [0.05, 0.1) is 13.5 Å². The highest BCUT2D eigenvalue weighted by Gasteiger charge is 2.34. The molecule has 0 aromatic heterocycles. The van der Waals surface area contributed by atoms with E-state index in [2.05, 4.69) is 10.2 Å². The lowest BCUT2D eigenvalue weighted by atomic mass is 9.89. The Hall–Kier alpha value is -1.55. The maximum Gasteiger partial charge on any atom is 0.227 e. The lowest BCUT2D eigenvalue weighted by Gasteiger charge is -2.38. The minimum Gasteiger partial charge on any atom is -0.496 e. The molecule has 0 unspecified atom stereocenters. The number of hydrogen-bond acceptors (Lipinski definition) is 3. The molecule has 0 saturated carbocycles. The molecule has 0 bridgehead atoms. The van der Waals surface area contributed by atoms with Gasteiger partial charge in [-0.25, -0.2) is 0 Å². The SMILES string of the molecule is COc1ccccc1CC(=O)N1CCCC[C@H]2CNCC[C@H]21. The number of amides is 1. The van der Waals surface area contributed by atoms with Crippen LogP contribution in [0.1, 0.15) is 31.2 Å². The molecule has 1 aromatic rings. The third kappa shape index (κ3) is 3.27. The smallest absolute Gasteiger partial charge is 0.227 e. The van der Waals surface area contributed by atoms with Gasteiger partial charge in [0.2, 0.25) is 5.91 Å². The van der Waals surface area contributed by atoms with E-state index in [1.54, 1.807) is 7.11 Å². The fourth-order valence-corrected chi connectivity index (χ4v) is 3.89. The number of benzene rings is 1. The van der Waals surface area contributed by atoms with Crippen molar-refractivity contribution in [3.63, 3.8) is 0 Å². The van der Waals surface area contributed by atoms with E-state index in [1.807, 2.05) is 24.3 Å². The molecule has 0 radical (unpaired) electrons. The Bertz CT molecular complexity index is 518.